The third-order valence-corrected chi connectivity index (χ3v) is 4.36. The zero-order valence-corrected chi connectivity index (χ0v) is 12.2. The molecule has 0 radical (unpaired) electrons. The minimum atomic E-state index is 0.390. The first-order chi connectivity index (χ1) is 9.65. The average Bonchev–Trinajstić information content (AvgIpc) is 2.46. The van der Waals surface area contributed by atoms with Crippen LogP contribution in [0, 0.1) is 0 Å². The van der Waals surface area contributed by atoms with Gasteiger partial charge in [-0.3, -0.25) is 9.78 Å². The molecule has 0 spiro atoms. The first kappa shape index (κ1) is 13.4. The highest BCUT2D eigenvalue weighted by molar-refractivity contribution is 6.31. The van der Waals surface area contributed by atoms with E-state index in [9.17, 15) is 4.79 Å². The predicted molar refractivity (Wildman–Crippen MR) is 82.4 cm³/mol. The molecule has 1 aromatic carbocycles. The van der Waals surface area contributed by atoms with Gasteiger partial charge in [0.25, 0.3) is 0 Å². The molecule has 1 aliphatic carbocycles. The van der Waals surface area contributed by atoms with Gasteiger partial charge in [0, 0.05) is 48.2 Å². The van der Waals surface area contributed by atoms with Crippen LogP contribution in [0.15, 0.2) is 30.5 Å². The van der Waals surface area contributed by atoms with E-state index in [4.69, 9.17) is 11.6 Å². The van der Waals surface area contributed by atoms with Crippen LogP contribution >= 0.6 is 11.6 Å². The van der Waals surface area contributed by atoms with E-state index in [1.165, 1.54) is 0 Å². The number of aromatic nitrogens is 1. The van der Waals surface area contributed by atoms with Gasteiger partial charge in [-0.25, -0.2) is 0 Å². The molecule has 1 saturated carbocycles. The van der Waals surface area contributed by atoms with E-state index in [0.29, 0.717) is 29.7 Å². The summed E-state index contributed by atoms with van der Waals surface area (Å²) in [6.07, 6.45) is 5.09. The Labute approximate surface area is 123 Å². The summed E-state index contributed by atoms with van der Waals surface area (Å²) in [6.45, 7) is 0. The van der Waals surface area contributed by atoms with Crippen molar-refractivity contribution in [1.82, 2.24) is 4.98 Å². The molecular formula is C16H17ClN2O. The van der Waals surface area contributed by atoms with Gasteiger partial charge in [-0.15, -0.1) is 0 Å². The van der Waals surface area contributed by atoms with Gasteiger partial charge in [0.2, 0.25) is 0 Å². The van der Waals surface area contributed by atoms with Gasteiger partial charge < -0.3 is 4.90 Å². The molecule has 20 heavy (non-hydrogen) atoms. The number of hydrogen-bond donors (Lipinski definition) is 0. The second-order valence-electron chi connectivity index (χ2n) is 5.37. The summed E-state index contributed by atoms with van der Waals surface area (Å²) in [5.74, 6) is 0.390. The molecule has 1 aromatic heterocycles. The van der Waals surface area contributed by atoms with E-state index in [2.05, 4.69) is 16.9 Å². The summed E-state index contributed by atoms with van der Waals surface area (Å²) in [7, 11) is 2.10. The van der Waals surface area contributed by atoms with Gasteiger partial charge in [0.15, 0.2) is 0 Å². The Kier molecular flexibility index (Phi) is 3.62. The highest BCUT2D eigenvalue weighted by Gasteiger charge is 2.23. The van der Waals surface area contributed by atoms with Crippen molar-refractivity contribution in [3.63, 3.8) is 0 Å². The maximum Gasteiger partial charge on any atom is 0.133 e. The van der Waals surface area contributed by atoms with E-state index < -0.39 is 0 Å². The molecule has 1 aliphatic rings. The predicted octanol–water partition coefficient (Wildman–Crippen LogP) is 3.84. The lowest BCUT2D eigenvalue weighted by atomic mass is 9.93. The Hall–Kier alpha value is -1.61. The lowest BCUT2D eigenvalue weighted by Crippen LogP contribution is -2.35. The van der Waals surface area contributed by atoms with E-state index in [-0.39, 0.29) is 0 Å². The summed E-state index contributed by atoms with van der Waals surface area (Å²) in [4.78, 5) is 18.0. The number of carbonyl (C=O) groups is 1. The van der Waals surface area contributed by atoms with Crippen molar-refractivity contribution >= 4 is 34.0 Å². The van der Waals surface area contributed by atoms with Crippen molar-refractivity contribution in [2.75, 3.05) is 11.9 Å². The van der Waals surface area contributed by atoms with Crippen molar-refractivity contribution in [1.29, 1.82) is 0 Å². The molecule has 3 nitrogen and oxygen atoms in total. The van der Waals surface area contributed by atoms with Crippen LogP contribution in [-0.2, 0) is 4.79 Å². The maximum absolute atomic E-state index is 11.4. The van der Waals surface area contributed by atoms with Crippen LogP contribution in [0.3, 0.4) is 0 Å². The van der Waals surface area contributed by atoms with Gasteiger partial charge in [-0.05, 0) is 37.1 Å². The van der Waals surface area contributed by atoms with Crippen LogP contribution in [0.25, 0.3) is 10.9 Å². The van der Waals surface area contributed by atoms with Crippen LogP contribution < -0.4 is 4.90 Å². The fourth-order valence-electron chi connectivity index (χ4n) is 2.92. The SMILES string of the molecule is CN(c1ccnc2cc(Cl)ccc12)C1CCC(=O)CC1. The largest absolute Gasteiger partial charge is 0.371 e. The molecule has 0 saturated heterocycles. The standard InChI is InChI=1S/C16H17ClN2O/c1-19(12-3-5-13(20)6-4-12)16-8-9-18-15-10-11(17)2-7-14(15)16/h2,7-10,12H,3-6H2,1H3. The number of ketones is 1. The number of nitrogens with zero attached hydrogens (tertiary/aromatic N) is 2. The lowest BCUT2D eigenvalue weighted by molar-refractivity contribution is -0.120. The van der Waals surface area contributed by atoms with Gasteiger partial charge in [0.05, 0.1) is 5.52 Å². The van der Waals surface area contributed by atoms with E-state index in [0.717, 1.165) is 29.4 Å². The topological polar surface area (TPSA) is 33.2 Å². The number of anilines is 1. The summed E-state index contributed by atoms with van der Waals surface area (Å²) < 4.78 is 0. The number of carbonyl (C=O) groups excluding carboxylic acids is 1. The first-order valence-electron chi connectivity index (χ1n) is 6.94. The van der Waals surface area contributed by atoms with E-state index in [1.54, 1.807) is 0 Å². The fraction of sp³-hybridized carbons (Fsp3) is 0.375. The number of pyridine rings is 1. The van der Waals surface area contributed by atoms with Crippen molar-refractivity contribution < 1.29 is 4.79 Å². The molecule has 3 rings (SSSR count). The minimum absolute atomic E-state index is 0.390. The van der Waals surface area contributed by atoms with Gasteiger partial charge in [0.1, 0.15) is 5.78 Å². The molecule has 0 bridgehead atoms. The average molecular weight is 289 g/mol. The van der Waals surface area contributed by atoms with Gasteiger partial charge in [-0.2, -0.15) is 0 Å². The summed E-state index contributed by atoms with van der Waals surface area (Å²) in [6, 6.07) is 8.26. The Morgan fingerprint density at radius 2 is 2.00 bits per heavy atom. The van der Waals surface area contributed by atoms with Crippen LogP contribution in [0.1, 0.15) is 25.7 Å². The highest BCUT2D eigenvalue weighted by atomic mass is 35.5. The van der Waals surface area contributed by atoms with Gasteiger partial charge in [-0.1, -0.05) is 11.6 Å². The van der Waals surface area contributed by atoms with Crippen LogP contribution in [0.5, 0.6) is 0 Å². The highest BCUT2D eigenvalue weighted by Crippen LogP contribution is 2.31. The number of hydrogen-bond acceptors (Lipinski definition) is 3. The zero-order chi connectivity index (χ0) is 14.1. The molecule has 0 atom stereocenters. The lowest BCUT2D eigenvalue weighted by Gasteiger charge is -2.33. The van der Waals surface area contributed by atoms with Crippen molar-refractivity contribution in [3.8, 4) is 0 Å². The molecule has 104 valence electrons. The second-order valence-corrected chi connectivity index (χ2v) is 5.81. The molecule has 0 unspecified atom stereocenters. The molecule has 0 N–H and O–H groups in total. The molecule has 1 heterocycles. The van der Waals surface area contributed by atoms with Crippen molar-refractivity contribution in [3.05, 3.63) is 35.5 Å². The smallest absolute Gasteiger partial charge is 0.133 e. The number of fused-ring (bicyclic) bond motifs is 1. The molecule has 0 aliphatic heterocycles. The summed E-state index contributed by atoms with van der Waals surface area (Å²) >= 11 is 6.02. The number of benzene rings is 1. The van der Waals surface area contributed by atoms with E-state index >= 15 is 0 Å². The Bertz CT molecular complexity index is 646. The van der Waals surface area contributed by atoms with Crippen molar-refractivity contribution in [2.45, 2.75) is 31.7 Å². The van der Waals surface area contributed by atoms with Crippen molar-refractivity contribution in [2.24, 2.45) is 0 Å². The molecule has 0 amide bonds. The first-order valence-corrected chi connectivity index (χ1v) is 7.32. The number of halogens is 1. The third-order valence-electron chi connectivity index (χ3n) is 4.12. The number of Topliss-reactive ketones (excluding diaryl/α,β-unsaturated/α-hetero) is 1. The van der Waals surface area contributed by atoms with Crippen LogP contribution in [0.2, 0.25) is 5.02 Å². The molecular weight excluding hydrogens is 272 g/mol. The van der Waals surface area contributed by atoms with E-state index in [1.807, 2.05) is 30.5 Å². The normalized spacial score (nSPS) is 16.6. The summed E-state index contributed by atoms with van der Waals surface area (Å²) in [5.41, 5.74) is 2.07. The van der Waals surface area contributed by atoms with Crippen LogP contribution in [-0.4, -0.2) is 23.9 Å². The molecule has 1 fully saturated rings. The second kappa shape index (κ2) is 5.41. The molecule has 2 aromatic rings. The number of rotatable bonds is 2. The summed E-state index contributed by atoms with van der Waals surface area (Å²) in [5, 5.41) is 1.81. The van der Waals surface area contributed by atoms with Gasteiger partial charge >= 0.3 is 0 Å². The Balaban J connectivity index is 1.95. The quantitative estimate of drug-likeness (QED) is 0.842. The monoisotopic (exact) mass is 288 g/mol. The molecule has 4 heteroatoms. The minimum Gasteiger partial charge on any atom is -0.371 e. The Morgan fingerprint density at radius 1 is 1.25 bits per heavy atom. The van der Waals surface area contributed by atoms with Crippen LogP contribution in [0.4, 0.5) is 5.69 Å². The fourth-order valence-corrected chi connectivity index (χ4v) is 3.09. The Morgan fingerprint density at radius 3 is 2.75 bits per heavy atom. The maximum atomic E-state index is 11.4. The third kappa shape index (κ3) is 2.50. The zero-order valence-electron chi connectivity index (χ0n) is 11.5.